The summed E-state index contributed by atoms with van der Waals surface area (Å²) in [6.07, 6.45) is 2.07. The van der Waals surface area contributed by atoms with Gasteiger partial charge < -0.3 is 5.73 Å². The van der Waals surface area contributed by atoms with Gasteiger partial charge in [-0.25, -0.2) is 8.42 Å². The van der Waals surface area contributed by atoms with Gasteiger partial charge in [-0.3, -0.25) is 4.72 Å². The molecule has 2 rings (SSSR count). The first-order valence-corrected chi connectivity index (χ1v) is 8.75. The normalized spacial score (nSPS) is 11.5. The third-order valence-electron chi connectivity index (χ3n) is 2.85. The van der Waals surface area contributed by atoms with Crippen molar-refractivity contribution < 1.29 is 8.42 Å². The van der Waals surface area contributed by atoms with Gasteiger partial charge >= 0.3 is 0 Å². The van der Waals surface area contributed by atoms with Crippen LogP contribution < -0.4 is 10.5 Å². The molecule has 108 valence electrons. The molecule has 6 heteroatoms. The van der Waals surface area contributed by atoms with Crippen LogP contribution in [0.15, 0.2) is 40.6 Å². The minimum absolute atomic E-state index is 0.288. The van der Waals surface area contributed by atoms with Crippen LogP contribution in [0, 0.1) is 0 Å². The number of hydrogen-bond acceptors (Lipinski definition) is 4. The largest absolute Gasteiger partial charge is 0.326 e. The Morgan fingerprint density at radius 3 is 2.40 bits per heavy atom. The third kappa shape index (κ3) is 3.59. The molecule has 4 nitrogen and oxygen atoms in total. The lowest BCUT2D eigenvalue weighted by Crippen LogP contribution is -2.11. The minimum atomic E-state index is -3.51. The standard InChI is InChI=1S/C14H18N2O2S2/c1-2-3-11-4-6-12(7-5-11)16-20(17,18)14-9-8-13(10-15)19-14/h4-9,16H,2-3,10,15H2,1H3. The second-order valence-corrected chi connectivity index (χ2v) is 7.55. The number of rotatable bonds is 6. The van der Waals surface area contributed by atoms with E-state index in [2.05, 4.69) is 11.6 Å². The number of benzene rings is 1. The fraction of sp³-hybridized carbons (Fsp3) is 0.286. The van der Waals surface area contributed by atoms with E-state index in [4.69, 9.17) is 5.73 Å². The van der Waals surface area contributed by atoms with Crippen molar-refractivity contribution in [3.8, 4) is 0 Å². The molecule has 0 unspecified atom stereocenters. The molecular weight excluding hydrogens is 292 g/mol. The Morgan fingerprint density at radius 1 is 1.15 bits per heavy atom. The summed E-state index contributed by atoms with van der Waals surface area (Å²) < 4.78 is 27.3. The van der Waals surface area contributed by atoms with Crippen LogP contribution in [0.1, 0.15) is 23.8 Å². The number of hydrogen-bond donors (Lipinski definition) is 2. The second kappa shape index (κ2) is 6.39. The number of anilines is 1. The fourth-order valence-electron chi connectivity index (χ4n) is 1.85. The zero-order valence-electron chi connectivity index (χ0n) is 11.3. The molecule has 0 bridgehead atoms. The Hall–Kier alpha value is -1.37. The number of nitrogens with two attached hydrogens (primary N) is 1. The van der Waals surface area contributed by atoms with Crippen molar-refractivity contribution in [2.75, 3.05) is 4.72 Å². The van der Waals surface area contributed by atoms with Crippen molar-refractivity contribution in [1.29, 1.82) is 0 Å². The molecule has 0 fully saturated rings. The smallest absolute Gasteiger partial charge is 0.271 e. The van der Waals surface area contributed by atoms with Gasteiger partial charge in [0.25, 0.3) is 10.0 Å². The first-order valence-electron chi connectivity index (χ1n) is 6.45. The Balaban J connectivity index is 2.15. The lowest BCUT2D eigenvalue weighted by atomic mass is 10.1. The van der Waals surface area contributed by atoms with Crippen LogP contribution in [0.25, 0.3) is 0 Å². The summed E-state index contributed by atoms with van der Waals surface area (Å²) in [7, 11) is -3.51. The first kappa shape index (κ1) is 15.0. The molecule has 0 aliphatic heterocycles. The molecule has 0 radical (unpaired) electrons. The van der Waals surface area contributed by atoms with Crippen LogP contribution in [0.4, 0.5) is 5.69 Å². The number of thiophene rings is 1. The highest BCUT2D eigenvalue weighted by molar-refractivity contribution is 7.94. The van der Waals surface area contributed by atoms with E-state index >= 15 is 0 Å². The van der Waals surface area contributed by atoms with Gasteiger partial charge in [-0.15, -0.1) is 11.3 Å². The molecule has 1 aromatic carbocycles. The maximum absolute atomic E-state index is 12.2. The van der Waals surface area contributed by atoms with Crippen LogP contribution >= 0.6 is 11.3 Å². The fourth-order valence-corrected chi connectivity index (χ4v) is 4.14. The summed E-state index contributed by atoms with van der Waals surface area (Å²) in [5.74, 6) is 0. The van der Waals surface area contributed by atoms with Crippen LogP contribution in [0.3, 0.4) is 0 Å². The van der Waals surface area contributed by atoms with Crippen molar-refractivity contribution >= 4 is 27.0 Å². The van der Waals surface area contributed by atoms with Gasteiger partial charge in [-0.2, -0.15) is 0 Å². The van der Waals surface area contributed by atoms with Gasteiger partial charge in [-0.05, 0) is 36.2 Å². The number of nitrogens with one attached hydrogen (secondary N) is 1. The average molecular weight is 310 g/mol. The lowest BCUT2D eigenvalue weighted by Gasteiger charge is -2.07. The molecule has 0 spiro atoms. The third-order valence-corrected chi connectivity index (χ3v) is 5.83. The maximum atomic E-state index is 12.2. The SMILES string of the molecule is CCCc1ccc(NS(=O)(=O)c2ccc(CN)s2)cc1. The molecule has 0 saturated heterocycles. The van der Waals surface area contributed by atoms with E-state index < -0.39 is 10.0 Å². The van der Waals surface area contributed by atoms with Crippen molar-refractivity contribution in [2.24, 2.45) is 5.73 Å². The lowest BCUT2D eigenvalue weighted by molar-refractivity contribution is 0.603. The molecule has 1 aromatic heterocycles. The van der Waals surface area contributed by atoms with Crippen molar-refractivity contribution in [2.45, 2.75) is 30.5 Å². The zero-order chi connectivity index (χ0) is 14.6. The molecule has 0 saturated carbocycles. The molecular formula is C14H18N2O2S2. The summed E-state index contributed by atoms with van der Waals surface area (Å²) in [4.78, 5) is 0.851. The molecule has 0 amide bonds. The highest BCUT2D eigenvalue weighted by Gasteiger charge is 2.16. The Bertz CT molecular complexity index is 661. The van der Waals surface area contributed by atoms with Crippen molar-refractivity contribution in [1.82, 2.24) is 0 Å². The predicted molar refractivity (Wildman–Crippen MR) is 83.5 cm³/mol. The van der Waals surface area contributed by atoms with Gasteiger partial charge in [0.1, 0.15) is 4.21 Å². The van der Waals surface area contributed by atoms with E-state index in [-0.39, 0.29) is 4.21 Å². The van der Waals surface area contributed by atoms with Crippen LogP contribution in [-0.2, 0) is 23.0 Å². The van der Waals surface area contributed by atoms with E-state index in [1.165, 1.54) is 16.9 Å². The minimum Gasteiger partial charge on any atom is -0.326 e. The molecule has 0 aliphatic carbocycles. The quantitative estimate of drug-likeness (QED) is 0.861. The molecule has 20 heavy (non-hydrogen) atoms. The topological polar surface area (TPSA) is 72.2 Å². The first-order chi connectivity index (χ1) is 9.55. The number of sulfonamides is 1. The monoisotopic (exact) mass is 310 g/mol. The van der Waals surface area contributed by atoms with E-state index in [9.17, 15) is 8.42 Å². The van der Waals surface area contributed by atoms with Gasteiger partial charge in [0.05, 0.1) is 0 Å². The zero-order valence-corrected chi connectivity index (χ0v) is 12.9. The Kier molecular flexibility index (Phi) is 4.80. The maximum Gasteiger partial charge on any atom is 0.271 e. The van der Waals surface area contributed by atoms with Gasteiger partial charge in [-0.1, -0.05) is 25.5 Å². The van der Waals surface area contributed by atoms with E-state index in [1.807, 2.05) is 12.1 Å². The molecule has 2 aromatic rings. The van der Waals surface area contributed by atoms with Crippen molar-refractivity contribution in [3.05, 3.63) is 46.8 Å². The summed E-state index contributed by atoms with van der Waals surface area (Å²) in [5.41, 5.74) is 7.28. The van der Waals surface area contributed by atoms with Gasteiger partial charge in [0.15, 0.2) is 0 Å². The summed E-state index contributed by atoms with van der Waals surface area (Å²) >= 11 is 1.19. The van der Waals surface area contributed by atoms with E-state index in [1.54, 1.807) is 24.3 Å². The highest BCUT2D eigenvalue weighted by Crippen LogP contribution is 2.24. The van der Waals surface area contributed by atoms with Crippen LogP contribution in [0.2, 0.25) is 0 Å². The van der Waals surface area contributed by atoms with E-state index in [0.29, 0.717) is 12.2 Å². The molecule has 3 N–H and O–H groups in total. The molecule has 0 aliphatic rings. The molecule has 1 heterocycles. The van der Waals surface area contributed by atoms with Crippen molar-refractivity contribution in [3.63, 3.8) is 0 Å². The van der Waals surface area contributed by atoms with Crippen LogP contribution in [-0.4, -0.2) is 8.42 Å². The van der Waals surface area contributed by atoms with Gasteiger partial charge in [0, 0.05) is 17.1 Å². The Morgan fingerprint density at radius 2 is 1.85 bits per heavy atom. The molecule has 0 atom stereocenters. The summed E-state index contributed by atoms with van der Waals surface area (Å²) in [6, 6.07) is 10.8. The predicted octanol–water partition coefficient (Wildman–Crippen LogP) is 2.96. The Labute approximate surface area is 123 Å². The second-order valence-electron chi connectivity index (χ2n) is 4.48. The number of aryl methyl sites for hydroxylation is 1. The average Bonchev–Trinajstić information content (AvgIpc) is 2.91. The van der Waals surface area contributed by atoms with Gasteiger partial charge in [0.2, 0.25) is 0 Å². The summed E-state index contributed by atoms with van der Waals surface area (Å²) in [5, 5.41) is 0. The summed E-state index contributed by atoms with van der Waals surface area (Å²) in [6.45, 7) is 2.47. The van der Waals surface area contributed by atoms with E-state index in [0.717, 1.165) is 17.7 Å². The highest BCUT2D eigenvalue weighted by atomic mass is 32.2. The van der Waals surface area contributed by atoms with Crippen LogP contribution in [0.5, 0.6) is 0 Å².